The standard InChI is InChI=1S/C16H23ClN2O3/c1-10(16(20)21)7-8-15(17)13(4)22-9-5-6-14-11(2)18-19-12(14)3/h7-8,13H,5-6,9H2,1-4H3,(H,18,19)(H,20,21)/b10-7+,15-8+. The summed E-state index contributed by atoms with van der Waals surface area (Å²) in [7, 11) is 0. The Labute approximate surface area is 136 Å². The molecule has 0 spiro atoms. The van der Waals surface area contributed by atoms with E-state index in [1.165, 1.54) is 18.6 Å². The van der Waals surface area contributed by atoms with Crippen LogP contribution in [0, 0.1) is 13.8 Å². The number of nitrogens with one attached hydrogen (secondary N) is 1. The van der Waals surface area contributed by atoms with Crippen molar-refractivity contribution < 1.29 is 14.6 Å². The number of H-pyrrole nitrogens is 1. The molecule has 0 fully saturated rings. The van der Waals surface area contributed by atoms with Gasteiger partial charge in [0.2, 0.25) is 0 Å². The minimum atomic E-state index is -0.958. The number of rotatable bonds is 8. The van der Waals surface area contributed by atoms with Crippen LogP contribution < -0.4 is 0 Å². The molecule has 2 N–H and O–H groups in total. The van der Waals surface area contributed by atoms with Crippen molar-refractivity contribution in [2.24, 2.45) is 0 Å². The quantitative estimate of drug-likeness (QED) is 0.435. The van der Waals surface area contributed by atoms with Gasteiger partial charge >= 0.3 is 5.97 Å². The van der Waals surface area contributed by atoms with Gasteiger partial charge in [-0.15, -0.1) is 0 Å². The number of aryl methyl sites for hydroxylation is 2. The van der Waals surface area contributed by atoms with Gasteiger partial charge in [-0.2, -0.15) is 5.10 Å². The number of aliphatic carboxylic acids is 1. The fourth-order valence-corrected chi connectivity index (χ4v) is 2.07. The van der Waals surface area contributed by atoms with Crippen molar-refractivity contribution in [1.82, 2.24) is 10.2 Å². The van der Waals surface area contributed by atoms with Gasteiger partial charge in [0, 0.05) is 22.9 Å². The summed E-state index contributed by atoms with van der Waals surface area (Å²) in [6, 6.07) is 0. The van der Waals surface area contributed by atoms with Gasteiger partial charge < -0.3 is 9.84 Å². The first-order valence-corrected chi connectivity index (χ1v) is 7.60. The van der Waals surface area contributed by atoms with Crippen LogP contribution in [0.25, 0.3) is 0 Å². The number of hydrogen-bond donors (Lipinski definition) is 2. The minimum Gasteiger partial charge on any atom is -0.478 e. The van der Waals surface area contributed by atoms with Gasteiger partial charge in [0.1, 0.15) is 0 Å². The summed E-state index contributed by atoms with van der Waals surface area (Å²) >= 11 is 6.09. The molecule has 0 aromatic carbocycles. The highest BCUT2D eigenvalue weighted by Crippen LogP contribution is 2.15. The van der Waals surface area contributed by atoms with E-state index in [4.69, 9.17) is 21.4 Å². The van der Waals surface area contributed by atoms with Crippen molar-refractivity contribution in [2.75, 3.05) is 6.61 Å². The average molecular weight is 327 g/mol. The number of aromatic amines is 1. The molecule has 0 bridgehead atoms. The van der Waals surface area contributed by atoms with E-state index in [-0.39, 0.29) is 11.7 Å². The zero-order chi connectivity index (χ0) is 16.7. The fraction of sp³-hybridized carbons (Fsp3) is 0.500. The lowest BCUT2D eigenvalue weighted by Crippen LogP contribution is -2.10. The summed E-state index contributed by atoms with van der Waals surface area (Å²) in [5.41, 5.74) is 3.59. The first-order chi connectivity index (χ1) is 10.3. The summed E-state index contributed by atoms with van der Waals surface area (Å²) in [5.74, 6) is -0.958. The van der Waals surface area contributed by atoms with Gasteiger partial charge in [0.05, 0.1) is 11.8 Å². The van der Waals surface area contributed by atoms with Crippen LogP contribution in [0.5, 0.6) is 0 Å². The SMILES string of the molecule is C/C(=C\C=C(\Cl)C(C)OCCCc1c(C)n[nH]c1C)C(=O)O. The molecule has 6 heteroatoms. The third-order valence-corrected chi connectivity index (χ3v) is 3.87. The van der Waals surface area contributed by atoms with E-state index in [0.717, 1.165) is 24.2 Å². The molecule has 1 aromatic heterocycles. The second-order valence-corrected chi connectivity index (χ2v) is 5.67. The summed E-state index contributed by atoms with van der Waals surface area (Å²) < 4.78 is 5.67. The van der Waals surface area contributed by atoms with Crippen LogP contribution in [0.4, 0.5) is 0 Å². The summed E-state index contributed by atoms with van der Waals surface area (Å²) in [6.45, 7) is 7.94. The van der Waals surface area contributed by atoms with Crippen molar-refractivity contribution in [3.63, 3.8) is 0 Å². The average Bonchev–Trinajstić information content (AvgIpc) is 2.79. The topological polar surface area (TPSA) is 75.2 Å². The lowest BCUT2D eigenvalue weighted by Gasteiger charge is -2.12. The normalized spacial score (nSPS) is 14.2. The maximum atomic E-state index is 10.7. The van der Waals surface area contributed by atoms with E-state index in [9.17, 15) is 4.79 Å². The lowest BCUT2D eigenvalue weighted by molar-refractivity contribution is -0.132. The van der Waals surface area contributed by atoms with Crippen LogP contribution in [-0.4, -0.2) is 34.0 Å². The van der Waals surface area contributed by atoms with Gasteiger partial charge in [0.25, 0.3) is 0 Å². The van der Waals surface area contributed by atoms with Crippen molar-refractivity contribution >= 4 is 17.6 Å². The van der Waals surface area contributed by atoms with E-state index in [1.54, 1.807) is 6.08 Å². The van der Waals surface area contributed by atoms with Crippen LogP contribution in [0.2, 0.25) is 0 Å². The number of allylic oxidation sites excluding steroid dienone is 2. The molecule has 1 aromatic rings. The Hall–Kier alpha value is -1.59. The molecular formula is C16H23ClN2O3. The highest BCUT2D eigenvalue weighted by molar-refractivity contribution is 6.30. The van der Waals surface area contributed by atoms with Gasteiger partial charge in [0.15, 0.2) is 0 Å². The first kappa shape index (κ1) is 18.5. The molecule has 122 valence electrons. The molecule has 1 atom stereocenters. The number of aromatic nitrogens is 2. The number of ether oxygens (including phenoxy) is 1. The number of nitrogens with zero attached hydrogens (tertiary/aromatic N) is 1. The number of hydrogen-bond acceptors (Lipinski definition) is 3. The third-order valence-electron chi connectivity index (χ3n) is 3.44. The van der Waals surface area contributed by atoms with Crippen LogP contribution in [0.1, 0.15) is 37.2 Å². The Morgan fingerprint density at radius 3 is 2.68 bits per heavy atom. The van der Waals surface area contributed by atoms with Crippen molar-refractivity contribution in [3.8, 4) is 0 Å². The maximum absolute atomic E-state index is 10.7. The molecule has 0 aliphatic rings. The molecule has 0 radical (unpaired) electrons. The largest absolute Gasteiger partial charge is 0.478 e. The molecule has 1 heterocycles. The highest BCUT2D eigenvalue weighted by Gasteiger charge is 2.09. The predicted molar refractivity (Wildman–Crippen MR) is 87.1 cm³/mol. The number of carboxylic acids is 1. The lowest BCUT2D eigenvalue weighted by atomic mass is 10.1. The fourth-order valence-electron chi connectivity index (χ4n) is 1.94. The molecule has 1 unspecified atom stereocenters. The van der Waals surface area contributed by atoms with E-state index in [0.29, 0.717) is 11.6 Å². The predicted octanol–water partition coefficient (Wildman–Crippen LogP) is 3.52. The van der Waals surface area contributed by atoms with E-state index >= 15 is 0 Å². The smallest absolute Gasteiger partial charge is 0.331 e. The van der Waals surface area contributed by atoms with Crippen LogP contribution in [0.15, 0.2) is 22.8 Å². The highest BCUT2D eigenvalue weighted by atomic mass is 35.5. The molecule has 1 rings (SSSR count). The zero-order valence-corrected chi connectivity index (χ0v) is 14.2. The van der Waals surface area contributed by atoms with E-state index in [1.807, 2.05) is 20.8 Å². The number of carboxylic acid groups (broad SMARTS) is 1. The van der Waals surface area contributed by atoms with E-state index in [2.05, 4.69) is 10.2 Å². The van der Waals surface area contributed by atoms with Gasteiger partial charge in [-0.1, -0.05) is 17.7 Å². The molecular weight excluding hydrogens is 304 g/mol. The maximum Gasteiger partial charge on any atom is 0.331 e. The molecule has 5 nitrogen and oxygen atoms in total. The Morgan fingerprint density at radius 2 is 2.14 bits per heavy atom. The summed E-state index contributed by atoms with van der Waals surface area (Å²) in [4.78, 5) is 10.7. The van der Waals surface area contributed by atoms with Gasteiger partial charge in [-0.25, -0.2) is 4.79 Å². The zero-order valence-electron chi connectivity index (χ0n) is 13.4. The third kappa shape index (κ3) is 5.66. The molecule has 0 saturated carbocycles. The van der Waals surface area contributed by atoms with Crippen LogP contribution in [0.3, 0.4) is 0 Å². The molecule has 22 heavy (non-hydrogen) atoms. The molecule has 0 amide bonds. The van der Waals surface area contributed by atoms with Gasteiger partial charge in [-0.3, -0.25) is 5.10 Å². The summed E-state index contributed by atoms with van der Waals surface area (Å²) in [6.07, 6.45) is 4.56. The molecule has 0 aliphatic heterocycles. The summed E-state index contributed by atoms with van der Waals surface area (Å²) in [5, 5.41) is 16.4. The number of carbonyl (C=O) groups is 1. The van der Waals surface area contributed by atoms with Crippen LogP contribution >= 0.6 is 11.6 Å². The van der Waals surface area contributed by atoms with Gasteiger partial charge in [-0.05, 0) is 52.2 Å². The van der Waals surface area contributed by atoms with Crippen molar-refractivity contribution in [3.05, 3.63) is 39.7 Å². The Bertz CT molecular complexity index is 556. The minimum absolute atomic E-state index is 0.233. The number of halogens is 1. The van der Waals surface area contributed by atoms with Crippen molar-refractivity contribution in [1.29, 1.82) is 0 Å². The monoisotopic (exact) mass is 326 g/mol. The van der Waals surface area contributed by atoms with Crippen molar-refractivity contribution in [2.45, 2.75) is 46.6 Å². The first-order valence-electron chi connectivity index (χ1n) is 7.22. The molecule has 0 saturated heterocycles. The Kier molecular flexibility index (Phi) is 7.35. The van der Waals surface area contributed by atoms with Crippen LogP contribution in [-0.2, 0) is 16.0 Å². The molecule has 0 aliphatic carbocycles. The Morgan fingerprint density at radius 1 is 1.45 bits per heavy atom. The second kappa shape index (κ2) is 8.76. The van der Waals surface area contributed by atoms with E-state index < -0.39 is 5.97 Å². The Balaban J connectivity index is 2.40. The second-order valence-electron chi connectivity index (χ2n) is 5.24.